The summed E-state index contributed by atoms with van der Waals surface area (Å²) in [7, 11) is 1.44. The highest BCUT2D eigenvalue weighted by molar-refractivity contribution is 5.96. The minimum absolute atomic E-state index is 0.202. The molecule has 0 unspecified atom stereocenters. The van der Waals surface area contributed by atoms with Crippen molar-refractivity contribution in [3.05, 3.63) is 70.7 Å². The molecule has 3 heterocycles. The van der Waals surface area contributed by atoms with Gasteiger partial charge in [0.2, 0.25) is 0 Å². The van der Waals surface area contributed by atoms with Crippen LogP contribution in [0.2, 0.25) is 0 Å². The van der Waals surface area contributed by atoms with Gasteiger partial charge in [0.25, 0.3) is 5.91 Å². The molecule has 4 rings (SSSR count). The van der Waals surface area contributed by atoms with Crippen LogP contribution in [0.5, 0.6) is 5.88 Å². The number of fused-ring (bicyclic) bond motifs is 1. The minimum atomic E-state index is -0.741. The number of para-hydroxylation sites is 1. The number of carbonyl (C=O) groups excluding carboxylic acids is 1. The number of aliphatic hydroxyl groups is 1. The predicted molar refractivity (Wildman–Crippen MR) is 109 cm³/mol. The first kappa shape index (κ1) is 20.1. The number of pyridine rings is 2. The van der Waals surface area contributed by atoms with Gasteiger partial charge in [-0.15, -0.1) is 4.73 Å². The van der Waals surface area contributed by atoms with E-state index in [1.165, 1.54) is 13.3 Å². The van der Waals surface area contributed by atoms with E-state index in [0.29, 0.717) is 29.7 Å². The van der Waals surface area contributed by atoms with Gasteiger partial charge < -0.3 is 25.1 Å². The van der Waals surface area contributed by atoms with Crippen molar-refractivity contribution < 1.29 is 24.1 Å². The fourth-order valence-corrected chi connectivity index (χ4v) is 3.64. The van der Waals surface area contributed by atoms with Crippen molar-refractivity contribution in [1.29, 1.82) is 0 Å². The lowest BCUT2D eigenvalue weighted by atomic mass is 10.0. The van der Waals surface area contributed by atoms with E-state index in [-0.39, 0.29) is 30.1 Å². The molecule has 8 nitrogen and oxygen atoms in total. The first-order chi connectivity index (χ1) is 14.5. The molecule has 0 saturated carbocycles. The first-order valence-electron chi connectivity index (χ1n) is 9.76. The summed E-state index contributed by atoms with van der Waals surface area (Å²) >= 11 is 0. The molecule has 1 amide bonds. The number of carbonyl (C=O) groups is 1. The molecule has 0 radical (unpaired) electrons. The van der Waals surface area contributed by atoms with E-state index >= 15 is 0 Å². The average molecular weight is 409 g/mol. The molecule has 30 heavy (non-hydrogen) atoms. The Morgan fingerprint density at radius 2 is 2.20 bits per heavy atom. The summed E-state index contributed by atoms with van der Waals surface area (Å²) < 4.78 is 10.9. The van der Waals surface area contributed by atoms with Gasteiger partial charge >= 0.3 is 5.88 Å². The topological polar surface area (TPSA) is 108 Å². The van der Waals surface area contributed by atoms with E-state index in [4.69, 9.17) is 9.47 Å². The highest BCUT2D eigenvalue weighted by atomic mass is 16.5. The second-order valence-electron chi connectivity index (χ2n) is 7.28. The Morgan fingerprint density at radius 3 is 2.97 bits per heavy atom. The summed E-state index contributed by atoms with van der Waals surface area (Å²) in [5.74, 6) is -0.130. The SMILES string of the molecule is COc1ccc(Cc2cc(C(=O)N[C@H]3CCOC[C@@H]3O)nc3ccccc23)c[n+]1[O-]. The minimum Gasteiger partial charge on any atom is -0.616 e. The second-order valence-corrected chi connectivity index (χ2v) is 7.28. The number of aromatic nitrogens is 2. The van der Waals surface area contributed by atoms with Crippen molar-refractivity contribution in [1.82, 2.24) is 10.3 Å². The van der Waals surface area contributed by atoms with E-state index in [9.17, 15) is 15.1 Å². The van der Waals surface area contributed by atoms with Gasteiger partial charge in [0.05, 0.1) is 37.4 Å². The fourth-order valence-electron chi connectivity index (χ4n) is 3.64. The first-order valence-corrected chi connectivity index (χ1v) is 9.76. The number of amides is 1. The third kappa shape index (κ3) is 4.19. The second kappa shape index (κ2) is 8.64. The largest absolute Gasteiger partial charge is 0.616 e. The highest BCUT2D eigenvalue weighted by Crippen LogP contribution is 2.22. The summed E-state index contributed by atoms with van der Waals surface area (Å²) in [6.45, 7) is 0.694. The Bertz CT molecular complexity index is 1070. The summed E-state index contributed by atoms with van der Waals surface area (Å²) in [5.41, 5.74) is 2.62. The molecule has 8 heteroatoms. The van der Waals surface area contributed by atoms with Crippen LogP contribution in [0, 0.1) is 5.21 Å². The van der Waals surface area contributed by atoms with Crippen molar-refractivity contribution in [3.8, 4) is 5.88 Å². The Morgan fingerprint density at radius 1 is 1.37 bits per heavy atom. The van der Waals surface area contributed by atoms with Crippen LogP contribution in [0.1, 0.15) is 28.0 Å². The molecule has 1 saturated heterocycles. The smallest absolute Gasteiger partial charge is 0.379 e. The third-order valence-corrected chi connectivity index (χ3v) is 5.22. The standard InChI is InChI=1S/C22H23N3O5/c1-29-21-7-6-14(12-25(21)28)10-15-11-19(23-17-5-3-2-4-16(15)17)22(27)24-18-8-9-30-13-20(18)26/h2-7,11-12,18,20,26H,8-10,13H2,1H3,(H,24,27)/t18-,20-/m0/s1. The van der Waals surface area contributed by atoms with Crippen molar-refractivity contribution in [2.75, 3.05) is 20.3 Å². The van der Waals surface area contributed by atoms with Crippen LogP contribution >= 0.6 is 0 Å². The molecule has 1 aromatic carbocycles. The summed E-state index contributed by atoms with van der Waals surface area (Å²) in [4.78, 5) is 17.3. The van der Waals surface area contributed by atoms with Crippen LogP contribution in [0.4, 0.5) is 0 Å². The lowest BCUT2D eigenvalue weighted by Gasteiger charge is -2.28. The molecule has 3 aromatic rings. The maximum atomic E-state index is 12.8. The van der Waals surface area contributed by atoms with Gasteiger partial charge in [-0.25, -0.2) is 4.98 Å². The van der Waals surface area contributed by atoms with Gasteiger partial charge in [-0.2, -0.15) is 0 Å². The zero-order valence-corrected chi connectivity index (χ0v) is 16.6. The number of aliphatic hydroxyl groups excluding tert-OH is 1. The summed E-state index contributed by atoms with van der Waals surface area (Å²) in [5, 5.41) is 25.9. The Hall–Kier alpha value is -3.23. The molecule has 2 aromatic heterocycles. The van der Waals surface area contributed by atoms with Crippen LogP contribution in [0.25, 0.3) is 10.9 Å². The Kier molecular flexibility index (Phi) is 5.78. The molecule has 156 valence electrons. The zero-order chi connectivity index (χ0) is 21.1. The van der Waals surface area contributed by atoms with E-state index in [2.05, 4.69) is 10.3 Å². The number of rotatable bonds is 5. The number of nitrogens with one attached hydrogen (secondary N) is 1. The highest BCUT2D eigenvalue weighted by Gasteiger charge is 2.26. The van der Waals surface area contributed by atoms with E-state index < -0.39 is 6.10 Å². The van der Waals surface area contributed by atoms with E-state index in [1.54, 1.807) is 12.1 Å². The van der Waals surface area contributed by atoms with Gasteiger partial charge in [-0.1, -0.05) is 18.2 Å². The van der Waals surface area contributed by atoms with Crippen molar-refractivity contribution in [2.45, 2.75) is 25.0 Å². The van der Waals surface area contributed by atoms with Crippen LogP contribution in [-0.4, -0.2) is 48.5 Å². The number of methoxy groups -OCH3 is 1. The lowest BCUT2D eigenvalue weighted by molar-refractivity contribution is -0.612. The van der Waals surface area contributed by atoms with Crippen LogP contribution in [0.15, 0.2) is 48.7 Å². The summed E-state index contributed by atoms with van der Waals surface area (Å²) in [6.07, 6.45) is 1.72. The molecule has 1 fully saturated rings. The Labute approximate surface area is 173 Å². The van der Waals surface area contributed by atoms with Gasteiger partial charge in [0.1, 0.15) is 5.69 Å². The van der Waals surface area contributed by atoms with Gasteiger partial charge in [0.15, 0.2) is 6.20 Å². The van der Waals surface area contributed by atoms with E-state index in [1.807, 2.05) is 30.3 Å². The van der Waals surface area contributed by atoms with Crippen molar-refractivity contribution >= 4 is 16.8 Å². The molecule has 1 aliphatic heterocycles. The molecule has 2 atom stereocenters. The number of nitrogens with zero attached hydrogens (tertiary/aromatic N) is 2. The van der Waals surface area contributed by atoms with Gasteiger partial charge in [-0.05, 0) is 30.2 Å². The van der Waals surface area contributed by atoms with Crippen molar-refractivity contribution in [3.63, 3.8) is 0 Å². The van der Waals surface area contributed by atoms with Crippen LogP contribution in [-0.2, 0) is 11.2 Å². The number of hydrogen-bond acceptors (Lipinski definition) is 6. The molecular formula is C22H23N3O5. The monoisotopic (exact) mass is 409 g/mol. The van der Waals surface area contributed by atoms with Gasteiger partial charge in [0, 0.05) is 24.0 Å². The molecule has 1 aliphatic rings. The maximum Gasteiger partial charge on any atom is 0.379 e. The molecule has 0 bridgehead atoms. The number of hydrogen-bond donors (Lipinski definition) is 2. The van der Waals surface area contributed by atoms with Gasteiger partial charge in [-0.3, -0.25) is 4.79 Å². The summed E-state index contributed by atoms with van der Waals surface area (Å²) in [6, 6.07) is 12.4. The lowest BCUT2D eigenvalue weighted by Crippen LogP contribution is -2.48. The number of ether oxygens (including phenoxy) is 2. The molecule has 0 spiro atoms. The molecular weight excluding hydrogens is 386 g/mol. The average Bonchev–Trinajstić information content (AvgIpc) is 2.75. The number of benzene rings is 1. The molecule has 2 N–H and O–H groups in total. The predicted octanol–water partition coefficient (Wildman–Crippen LogP) is 1.35. The molecule has 0 aliphatic carbocycles. The zero-order valence-electron chi connectivity index (χ0n) is 16.6. The third-order valence-electron chi connectivity index (χ3n) is 5.22. The maximum absolute atomic E-state index is 12.8. The van der Waals surface area contributed by atoms with Crippen LogP contribution < -0.4 is 14.8 Å². The Balaban J connectivity index is 1.65. The fraction of sp³-hybridized carbons (Fsp3) is 0.318. The quantitative estimate of drug-likeness (QED) is 0.487. The van der Waals surface area contributed by atoms with Crippen molar-refractivity contribution in [2.24, 2.45) is 0 Å². The van der Waals surface area contributed by atoms with E-state index in [0.717, 1.165) is 16.5 Å². The normalized spacial score (nSPS) is 18.9. The van der Waals surface area contributed by atoms with Crippen LogP contribution in [0.3, 0.4) is 0 Å².